The predicted octanol–water partition coefficient (Wildman–Crippen LogP) is 3.34. The minimum Gasteiger partial charge on any atom is -0.381 e. The second kappa shape index (κ2) is 7.60. The summed E-state index contributed by atoms with van der Waals surface area (Å²) < 4.78 is 7.72. The van der Waals surface area contributed by atoms with E-state index < -0.39 is 0 Å². The van der Waals surface area contributed by atoms with E-state index in [9.17, 15) is 0 Å². The lowest BCUT2D eigenvalue weighted by Gasteiger charge is -2.08. The van der Waals surface area contributed by atoms with Crippen LogP contribution in [0.25, 0.3) is 11.2 Å². The zero-order valence-electron chi connectivity index (χ0n) is 12.2. The van der Waals surface area contributed by atoms with Crippen LogP contribution in [0, 0.1) is 6.92 Å². The van der Waals surface area contributed by atoms with Crippen LogP contribution in [0.4, 0.5) is 0 Å². The number of alkyl halides is 1. The van der Waals surface area contributed by atoms with E-state index in [1.807, 2.05) is 12.3 Å². The summed E-state index contributed by atoms with van der Waals surface area (Å²) in [6.45, 7) is 6.67. The predicted molar refractivity (Wildman–Crippen MR) is 82.4 cm³/mol. The zero-order chi connectivity index (χ0) is 14.4. The van der Waals surface area contributed by atoms with Gasteiger partial charge in [-0.1, -0.05) is 6.92 Å². The highest BCUT2D eigenvalue weighted by atomic mass is 35.5. The molecule has 4 nitrogen and oxygen atoms in total. The van der Waals surface area contributed by atoms with Gasteiger partial charge in [-0.25, -0.2) is 9.97 Å². The molecule has 0 spiro atoms. The lowest BCUT2D eigenvalue weighted by atomic mass is 10.3. The van der Waals surface area contributed by atoms with Crippen molar-refractivity contribution in [3.05, 3.63) is 23.7 Å². The van der Waals surface area contributed by atoms with E-state index in [4.69, 9.17) is 21.3 Å². The van der Waals surface area contributed by atoms with Crippen LogP contribution in [0.15, 0.2) is 12.3 Å². The minimum atomic E-state index is 0.578. The molecule has 0 aliphatic carbocycles. The quantitative estimate of drug-likeness (QED) is 0.554. The first-order chi connectivity index (χ1) is 9.77. The van der Waals surface area contributed by atoms with Crippen molar-refractivity contribution in [2.24, 2.45) is 0 Å². The van der Waals surface area contributed by atoms with E-state index in [0.29, 0.717) is 5.88 Å². The average Bonchev–Trinajstić information content (AvgIpc) is 2.79. The smallest absolute Gasteiger partial charge is 0.160 e. The Morgan fingerprint density at radius 3 is 2.95 bits per heavy atom. The van der Waals surface area contributed by atoms with Gasteiger partial charge in [0.2, 0.25) is 0 Å². The Morgan fingerprint density at radius 2 is 2.20 bits per heavy atom. The zero-order valence-corrected chi connectivity index (χ0v) is 13.0. The highest BCUT2D eigenvalue weighted by Crippen LogP contribution is 2.18. The van der Waals surface area contributed by atoms with Gasteiger partial charge >= 0.3 is 0 Å². The topological polar surface area (TPSA) is 39.9 Å². The summed E-state index contributed by atoms with van der Waals surface area (Å²) in [6.07, 6.45) is 4.64. The Kier molecular flexibility index (Phi) is 5.80. The molecule has 0 amide bonds. The summed E-state index contributed by atoms with van der Waals surface area (Å²) in [5.41, 5.74) is 3.11. The van der Waals surface area contributed by atoms with Gasteiger partial charge in [0.1, 0.15) is 11.3 Å². The maximum Gasteiger partial charge on any atom is 0.160 e. The van der Waals surface area contributed by atoms with Crippen molar-refractivity contribution in [3.8, 4) is 0 Å². The number of halogens is 1. The highest BCUT2D eigenvalue weighted by Gasteiger charge is 2.12. The van der Waals surface area contributed by atoms with Crippen LogP contribution in [-0.2, 0) is 17.7 Å². The number of fused-ring (bicyclic) bond motifs is 1. The van der Waals surface area contributed by atoms with Gasteiger partial charge in [0.15, 0.2) is 5.65 Å². The number of rotatable bonds is 8. The number of aromatic nitrogens is 3. The van der Waals surface area contributed by atoms with E-state index in [1.54, 1.807) is 0 Å². The molecule has 0 unspecified atom stereocenters. The molecule has 110 valence electrons. The normalized spacial score (nSPS) is 11.3. The summed E-state index contributed by atoms with van der Waals surface area (Å²) in [5, 5.41) is 0. The molecule has 2 rings (SSSR count). The fourth-order valence-corrected chi connectivity index (χ4v) is 2.43. The molecule has 5 heteroatoms. The fraction of sp³-hybridized carbons (Fsp3) is 0.600. The number of hydrogen-bond donors (Lipinski definition) is 0. The molecule has 20 heavy (non-hydrogen) atoms. The van der Waals surface area contributed by atoms with Crippen molar-refractivity contribution in [2.75, 3.05) is 19.1 Å². The third-order valence-corrected chi connectivity index (χ3v) is 3.44. The molecule has 0 atom stereocenters. The monoisotopic (exact) mass is 295 g/mol. The van der Waals surface area contributed by atoms with Crippen LogP contribution in [0.5, 0.6) is 0 Å². The Labute approximate surface area is 125 Å². The molecule has 0 bridgehead atoms. The molecule has 0 aliphatic rings. The lowest BCUT2D eigenvalue weighted by molar-refractivity contribution is 0.129. The number of aryl methyl sites for hydroxylation is 3. The fourth-order valence-electron chi connectivity index (χ4n) is 2.26. The van der Waals surface area contributed by atoms with Crippen LogP contribution >= 0.6 is 11.6 Å². The van der Waals surface area contributed by atoms with Crippen molar-refractivity contribution < 1.29 is 4.74 Å². The summed E-state index contributed by atoms with van der Waals surface area (Å²) in [4.78, 5) is 9.17. The van der Waals surface area contributed by atoms with Gasteiger partial charge in [0, 0.05) is 38.3 Å². The summed E-state index contributed by atoms with van der Waals surface area (Å²) in [5.74, 6) is 1.60. The van der Waals surface area contributed by atoms with Gasteiger partial charge in [-0.05, 0) is 31.4 Å². The van der Waals surface area contributed by atoms with Gasteiger partial charge in [0.25, 0.3) is 0 Å². The molecule has 2 heterocycles. The Bertz CT molecular complexity index is 553. The molecule has 0 saturated heterocycles. The molecule has 0 radical (unpaired) electrons. The van der Waals surface area contributed by atoms with Gasteiger partial charge in [0.05, 0.1) is 0 Å². The molecular weight excluding hydrogens is 274 g/mol. The number of pyridine rings is 1. The average molecular weight is 296 g/mol. The molecular formula is C15H22ClN3O. The van der Waals surface area contributed by atoms with Crippen LogP contribution < -0.4 is 0 Å². The maximum atomic E-state index is 5.88. The van der Waals surface area contributed by atoms with E-state index in [-0.39, 0.29) is 0 Å². The Morgan fingerprint density at radius 1 is 1.35 bits per heavy atom. The van der Waals surface area contributed by atoms with Gasteiger partial charge in [-0.15, -0.1) is 11.6 Å². The van der Waals surface area contributed by atoms with E-state index in [1.165, 1.54) is 0 Å². The number of hydrogen-bond acceptors (Lipinski definition) is 3. The molecule has 2 aromatic heterocycles. The molecule has 0 saturated carbocycles. The van der Waals surface area contributed by atoms with Crippen LogP contribution in [0.1, 0.15) is 31.2 Å². The largest absolute Gasteiger partial charge is 0.381 e. The summed E-state index contributed by atoms with van der Waals surface area (Å²) in [6, 6.07) is 1.99. The first-order valence-corrected chi connectivity index (χ1v) is 7.75. The molecule has 0 aliphatic heterocycles. The van der Waals surface area contributed by atoms with Crippen molar-refractivity contribution in [1.29, 1.82) is 0 Å². The minimum absolute atomic E-state index is 0.578. The van der Waals surface area contributed by atoms with Gasteiger partial charge in [-0.2, -0.15) is 0 Å². The van der Waals surface area contributed by atoms with Crippen LogP contribution in [-0.4, -0.2) is 33.6 Å². The highest BCUT2D eigenvalue weighted by molar-refractivity contribution is 6.17. The molecule has 0 aromatic carbocycles. The molecule has 0 fully saturated rings. The van der Waals surface area contributed by atoms with Gasteiger partial charge in [-0.3, -0.25) is 0 Å². The summed E-state index contributed by atoms with van der Waals surface area (Å²) in [7, 11) is 0. The second-order valence-electron chi connectivity index (χ2n) is 4.88. The standard InChI is InChI=1S/C15H22ClN3O/c1-3-10-20-11-4-9-19-13(5-7-16)18-14-12(2)6-8-17-15(14)19/h6,8H,3-5,7,9-11H2,1-2H3. The first kappa shape index (κ1) is 15.3. The van der Waals surface area contributed by atoms with E-state index in [2.05, 4.69) is 23.4 Å². The van der Waals surface area contributed by atoms with Gasteiger partial charge < -0.3 is 9.30 Å². The van der Waals surface area contributed by atoms with Crippen molar-refractivity contribution in [1.82, 2.24) is 14.5 Å². The van der Waals surface area contributed by atoms with Crippen molar-refractivity contribution in [3.63, 3.8) is 0 Å². The van der Waals surface area contributed by atoms with Crippen molar-refractivity contribution in [2.45, 2.75) is 39.7 Å². The van der Waals surface area contributed by atoms with Crippen molar-refractivity contribution >= 4 is 22.8 Å². The number of imidazole rings is 1. The third-order valence-electron chi connectivity index (χ3n) is 3.25. The molecule has 2 aromatic rings. The third kappa shape index (κ3) is 3.49. The van der Waals surface area contributed by atoms with Crippen LogP contribution in [0.2, 0.25) is 0 Å². The SMILES string of the molecule is CCCOCCCn1c(CCCl)nc2c(C)ccnc21. The lowest BCUT2D eigenvalue weighted by Crippen LogP contribution is -2.08. The number of ether oxygens (including phenoxy) is 1. The van der Waals surface area contributed by atoms with E-state index >= 15 is 0 Å². The number of nitrogens with zero attached hydrogens (tertiary/aromatic N) is 3. The molecule has 0 N–H and O–H groups in total. The second-order valence-corrected chi connectivity index (χ2v) is 5.26. The first-order valence-electron chi connectivity index (χ1n) is 7.22. The van der Waals surface area contributed by atoms with Crippen LogP contribution in [0.3, 0.4) is 0 Å². The Hall–Kier alpha value is -1.13. The summed E-state index contributed by atoms with van der Waals surface area (Å²) >= 11 is 5.88. The van der Waals surface area contributed by atoms with E-state index in [0.717, 1.165) is 61.6 Å². The maximum absolute atomic E-state index is 5.88. The Balaban J connectivity index is 2.16.